The Bertz CT molecular complexity index is 1230. The van der Waals surface area contributed by atoms with E-state index < -0.39 is 52.2 Å². The topological polar surface area (TPSA) is 79.8 Å². The van der Waals surface area contributed by atoms with Crippen LogP contribution in [0.2, 0.25) is 5.02 Å². The molecular weight excluding hydrogens is 535 g/mol. The summed E-state index contributed by atoms with van der Waals surface area (Å²) < 4.78 is 96.6. The van der Waals surface area contributed by atoms with Crippen LogP contribution in [0.25, 0.3) is 0 Å². The molecule has 6 nitrogen and oxygen atoms in total. The molecule has 200 valence electrons. The predicted octanol–water partition coefficient (Wildman–Crippen LogP) is 5.93. The van der Waals surface area contributed by atoms with Crippen molar-refractivity contribution in [3.05, 3.63) is 63.9 Å². The first-order valence-electron chi connectivity index (χ1n) is 10.7. The van der Waals surface area contributed by atoms with Gasteiger partial charge in [0.05, 0.1) is 17.0 Å². The van der Waals surface area contributed by atoms with Crippen LogP contribution in [-0.4, -0.2) is 30.2 Å². The van der Waals surface area contributed by atoms with Crippen molar-refractivity contribution >= 4 is 34.8 Å². The van der Waals surface area contributed by atoms with E-state index in [0.29, 0.717) is 18.7 Å². The zero-order chi connectivity index (χ0) is 27.6. The molecule has 2 amide bonds. The Balaban J connectivity index is 1.83. The van der Waals surface area contributed by atoms with E-state index in [-0.39, 0.29) is 41.8 Å². The number of oxime groups is 1. The summed E-state index contributed by atoms with van der Waals surface area (Å²) in [6.07, 6.45) is -11.6. The Hall–Kier alpha value is -3.35. The number of rotatable bonds is 7. The number of alkyl halides is 6. The molecule has 1 atom stereocenters. The minimum absolute atomic E-state index is 0.132. The predicted molar refractivity (Wildman–Crippen MR) is 119 cm³/mol. The molecule has 1 unspecified atom stereocenters. The van der Waals surface area contributed by atoms with Gasteiger partial charge in [0, 0.05) is 42.0 Å². The Kier molecular flexibility index (Phi) is 8.06. The fourth-order valence-corrected chi connectivity index (χ4v) is 3.80. The molecule has 0 radical (unpaired) electrons. The highest BCUT2D eigenvalue weighted by atomic mass is 35.5. The standard InChI is InChI=1S/C23H19ClF7N3O3/c1-2-32-19(35)5-6-20(36)33-17-4-3-12(7-16(17)25)18-11-21(37-34-18,23(29,30)31)13-8-14(22(26,27)28)10-15(24)9-13/h3-4,7-10H,2,5-6,11H2,1H3,(H,32,35)(H,33,36). The van der Waals surface area contributed by atoms with E-state index in [1.165, 1.54) is 0 Å². The summed E-state index contributed by atoms with van der Waals surface area (Å²) >= 11 is 5.67. The van der Waals surface area contributed by atoms with Gasteiger partial charge in [-0.05, 0) is 37.3 Å². The zero-order valence-corrected chi connectivity index (χ0v) is 19.7. The fourth-order valence-electron chi connectivity index (χ4n) is 3.57. The van der Waals surface area contributed by atoms with E-state index in [9.17, 15) is 40.3 Å². The van der Waals surface area contributed by atoms with Gasteiger partial charge in [-0.1, -0.05) is 22.8 Å². The fraction of sp³-hybridized carbons (Fsp3) is 0.348. The van der Waals surface area contributed by atoms with Crippen LogP contribution < -0.4 is 10.6 Å². The number of amides is 2. The molecule has 0 fully saturated rings. The average molecular weight is 554 g/mol. The normalized spacial score (nSPS) is 17.7. The lowest BCUT2D eigenvalue weighted by Gasteiger charge is -2.30. The molecule has 2 N–H and O–H groups in total. The second-order valence-corrected chi connectivity index (χ2v) is 8.49. The number of carbonyl (C=O) groups excluding carboxylic acids is 2. The Morgan fingerprint density at radius 1 is 1.05 bits per heavy atom. The molecule has 3 rings (SSSR count). The van der Waals surface area contributed by atoms with E-state index in [1.807, 2.05) is 0 Å². The van der Waals surface area contributed by atoms with Crippen LogP contribution in [0.15, 0.2) is 41.6 Å². The minimum atomic E-state index is -5.22. The number of nitrogens with one attached hydrogen (secondary N) is 2. The van der Waals surface area contributed by atoms with Crippen molar-refractivity contribution in [2.75, 3.05) is 11.9 Å². The van der Waals surface area contributed by atoms with Gasteiger partial charge in [-0.15, -0.1) is 0 Å². The molecule has 1 heterocycles. The van der Waals surface area contributed by atoms with Crippen molar-refractivity contribution in [1.29, 1.82) is 0 Å². The smallest absolute Gasteiger partial charge is 0.374 e. The quantitative estimate of drug-likeness (QED) is 0.417. The summed E-state index contributed by atoms with van der Waals surface area (Å²) in [5.74, 6) is -2.06. The third-order valence-corrected chi connectivity index (χ3v) is 5.63. The largest absolute Gasteiger partial charge is 0.435 e. The summed E-state index contributed by atoms with van der Waals surface area (Å²) in [6.45, 7) is 2.07. The molecule has 2 aromatic rings. The molecule has 1 aliphatic rings. The average Bonchev–Trinajstić information content (AvgIpc) is 3.25. The third kappa shape index (κ3) is 6.32. The molecule has 0 bridgehead atoms. The van der Waals surface area contributed by atoms with Crippen molar-refractivity contribution < 1.29 is 45.2 Å². The molecular formula is C23H19ClF7N3O3. The molecule has 0 aliphatic carbocycles. The molecule has 0 saturated carbocycles. The summed E-state index contributed by atoms with van der Waals surface area (Å²) in [6, 6.07) is 4.49. The van der Waals surface area contributed by atoms with E-state index >= 15 is 0 Å². The Morgan fingerprint density at radius 3 is 2.32 bits per heavy atom. The number of nitrogens with zero attached hydrogens (tertiary/aromatic N) is 1. The first-order chi connectivity index (χ1) is 17.2. The first-order valence-corrected chi connectivity index (χ1v) is 11.1. The third-order valence-electron chi connectivity index (χ3n) is 5.41. The van der Waals surface area contributed by atoms with E-state index in [2.05, 4.69) is 15.8 Å². The minimum Gasteiger partial charge on any atom is -0.374 e. The number of carbonyl (C=O) groups is 2. The second-order valence-electron chi connectivity index (χ2n) is 8.05. The lowest BCUT2D eigenvalue weighted by atomic mass is 9.85. The van der Waals surface area contributed by atoms with Gasteiger partial charge in [-0.2, -0.15) is 26.3 Å². The van der Waals surface area contributed by atoms with Gasteiger partial charge in [0.2, 0.25) is 11.8 Å². The van der Waals surface area contributed by atoms with Crippen LogP contribution in [0.5, 0.6) is 0 Å². The van der Waals surface area contributed by atoms with Crippen LogP contribution in [0, 0.1) is 5.82 Å². The highest BCUT2D eigenvalue weighted by molar-refractivity contribution is 6.30. The Labute approximate surface area is 210 Å². The van der Waals surface area contributed by atoms with Gasteiger partial charge in [-0.25, -0.2) is 4.39 Å². The van der Waals surface area contributed by atoms with Crippen LogP contribution in [0.3, 0.4) is 0 Å². The lowest BCUT2D eigenvalue weighted by Crippen LogP contribution is -2.43. The highest BCUT2D eigenvalue weighted by Gasteiger charge is 2.62. The van der Waals surface area contributed by atoms with Gasteiger partial charge in [-0.3, -0.25) is 9.59 Å². The van der Waals surface area contributed by atoms with E-state index in [1.54, 1.807) is 6.92 Å². The SMILES string of the molecule is CCNC(=O)CCC(=O)Nc1ccc(C2=NOC(c3cc(Cl)cc(C(F)(F)F)c3)(C(F)(F)F)C2)cc1F. The zero-order valence-electron chi connectivity index (χ0n) is 19.0. The first kappa shape index (κ1) is 28.2. The van der Waals surface area contributed by atoms with Gasteiger partial charge < -0.3 is 15.5 Å². The van der Waals surface area contributed by atoms with Gasteiger partial charge >= 0.3 is 12.4 Å². The van der Waals surface area contributed by atoms with Gasteiger partial charge in [0.25, 0.3) is 5.60 Å². The van der Waals surface area contributed by atoms with Gasteiger partial charge in [0.1, 0.15) is 5.82 Å². The van der Waals surface area contributed by atoms with Crippen molar-refractivity contribution in [2.24, 2.45) is 5.16 Å². The summed E-state index contributed by atoms with van der Waals surface area (Å²) in [4.78, 5) is 28.1. The molecule has 14 heteroatoms. The van der Waals surface area contributed by atoms with Crippen molar-refractivity contribution in [3.63, 3.8) is 0 Å². The number of hydrogen-bond acceptors (Lipinski definition) is 4. The second kappa shape index (κ2) is 10.6. The maximum atomic E-state index is 14.6. The number of benzene rings is 2. The van der Waals surface area contributed by atoms with Crippen LogP contribution >= 0.6 is 11.6 Å². The number of hydrogen-bond donors (Lipinski definition) is 2. The molecule has 2 aromatic carbocycles. The van der Waals surface area contributed by atoms with Gasteiger partial charge in [0.15, 0.2) is 0 Å². The molecule has 0 saturated heterocycles. The summed E-state index contributed by atoms with van der Waals surface area (Å²) in [7, 11) is 0. The molecule has 0 aromatic heterocycles. The van der Waals surface area contributed by atoms with E-state index in [4.69, 9.17) is 16.4 Å². The number of anilines is 1. The molecule has 37 heavy (non-hydrogen) atoms. The molecule has 0 spiro atoms. The maximum absolute atomic E-state index is 14.6. The van der Waals surface area contributed by atoms with Crippen molar-refractivity contribution in [2.45, 2.75) is 44.1 Å². The summed E-state index contributed by atoms with van der Waals surface area (Å²) in [5, 5.41) is 7.55. The highest BCUT2D eigenvalue weighted by Crippen LogP contribution is 2.50. The van der Waals surface area contributed by atoms with Crippen LogP contribution in [0.4, 0.5) is 36.4 Å². The van der Waals surface area contributed by atoms with Crippen molar-refractivity contribution in [3.8, 4) is 0 Å². The lowest BCUT2D eigenvalue weighted by molar-refractivity contribution is -0.276. The maximum Gasteiger partial charge on any atom is 0.435 e. The van der Waals surface area contributed by atoms with Crippen LogP contribution in [-0.2, 0) is 26.2 Å². The van der Waals surface area contributed by atoms with Crippen LogP contribution in [0.1, 0.15) is 42.9 Å². The van der Waals surface area contributed by atoms with E-state index in [0.717, 1.165) is 18.2 Å². The Morgan fingerprint density at radius 2 is 1.73 bits per heavy atom. The molecule has 1 aliphatic heterocycles. The number of halogens is 8. The van der Waals surface area contributed by atoms with Crippen molar-refractivity contribution in [1.82, 2.24) is 5.32 Å². The summed E-state index contributed by atoms with van der Waals surface area (Å²) in [5.41, 5.74) is -6.46. The monoisotopic (exact) mass is 553 g/mol.